The van der Waals surface area contributed by atoms with Gasteiger partial charge in [-0.1, -0.05) is 18.2 Å². The molecular weight excluding hydrogens is 451 g/mol. The summed E-state index contributed by atoms with van der Waals surface area (Å²) in [6.07, 6.45) is -0.196. The number of anilines is 2. The van der Waals surface area contributed by atoms with E-state index in [4.69, 9.17) is 0 Å². The average Bonchev–Trinajstić information content (AvgIpc) is 2.79. The number of hydrogen-bond acceptors (Lipinski definition) is 3. The van der Waals surface area contributed by atoms with Crippen LogP contribution in [0.5, 0.6) is 0 Å². The number of aromatic nitrogens is 1. The standard InChI is InChI=1S/C26H17F5N2O/c1-15(34)5-6-18-14-32-24-10-8-16(17-7-9-22(27)23(28)12-17)11-21(24)25(18)33-20-4-2-3-19(13-20)26(29,30)31/h2-14H,1H3,(H,32,33)/b6-5+. The number of nitrogens with one attached hydrogen (secondary N) is 1. The van der Waals surface area contributed by atoms with Crippen LogP contribution in [0.1, 0.15) is 18.1 Å². The maximum Gasteiger partial charge on any atom is 0.416 e. The summed E-state index contributed by atoms with van der Waals surface area (Å²) in [5, 5.41) is 3.53. The van der Waals surface area contributed by atoms with E-state index in [2.05, 4.69) is 10.3 Å². The highest BCUT2D eigenvalue weighted by atomic mass is 19.4. The van der Waals surface area contributed by atoms with Gasteiger partial charge in [0, 0.05) is 22.8 Å². The number of pyridine rings is 1. The van der Waals surface area contributed by atoms with E-state index in [0.717, 1.165) is 24.3 Å². The number of carbonyl (C=O) groups is 1. The van der Waals surface area contributed by atoms with Crippen molar-refractivity contribution in [2.24, 2.45) is 0 Å². The van der Waals surface area contributed by atoms with Crippen molar-refractivity contribution in [3.8, 4) is 11.1 Å². The molecule has 0 spiro atoms. The quantitative estimate of drug-likeness (QED) is 0.243. The summed E-state index contributed by atoms with van der Waals surface area (Å²) in [7, 11) is 0. The first-order valence-electron chi connectivity index (χ1n) is 10.1. The van der Waals surface area contributed by atoms with Crippen molar-refractivity contribution in [3.63, 3.8) is 0 Å². The molecule has 0 atom stereocenters. The predicted octanol–water partition coefficient (Wildman–Crippen LogP) is 7.54. The van der Waals surface area contributed by atoms with Crippen molar-refractivity contribution < 1.29 is 26.7 Å². The van der Waals surface area contributed by atoms with Gasteiger partial charge in [-0.2, -0.15) is 13.2 Å². The maximum atomic E-state index is 13.8. The molecule has 0 aliphatic rings. The van der Waals surface area contributed by atoms with Crippen molar-refractivity contribution in [1.82, 2.24) is 4.98 Å². The van der Waals surface area contributed by atoms with E-state index in [1.807, 2.05) is 0 Å². The second-order valence-electron chi connectivity index (χ2n) is 7.60. The summed E-state index contributed by atoms with van der Waals surface area (Å²) in [6, 6.07) is 13.2. The minimum atomic E-state index is -4.52. The maximum absolute atomic E-state index is 13.8. The summed E-state index contributed by atoms with van der Waals surface area (Å²) in [6.45, 7) is 1.37. The van der Waals surface area contributed by atoms with Crippen LogP contribution in [-0.4, -0.2) is 10.8 Å². The number of allylic oxidation sites excluding steroid dienone is 1. The minimum absolute atomic E-state index is 0.179. The van der Waals surface area contributed by atoms with Crippen molar-refractivity contribution in [3.05, 3.63) is 95.7 Å². The molecule has 3 nitrogen and oxygen atoms in total. The van der Waals surface area contributed by atoms with E-state index in [-0.39, 0.29) is 11.5 Å². The van der Waals surface area contributed by atoms with E-state index in [9.17, 15) is 26.7 Å². The molecule has 0 bridgehead atoms. The van der Waals surface area contributed by atoms with Crippen LogP contribution in [0, 0.1) is 11.6 Å². The van der Waals surface area contributed by atoms with Gasteiger partial charge in [-0.25, -0.2) is 8.78 Å². The van der Waals surface area contributed by atoms with Gasteiger partial charge in [-0.3, -0.25) is 9.78 Å². The first kappa shape index (κ1) is 23.1. The lowest BCUT2D eigenvalue weighted by atomic mass is 10.0. The van der Waals surface area contributed by atoms with E-state index in [1.54, 1.807) is 18.2 Å². The van der Waals surface area contributed by atoms with Gasteiger partial charge < -0.3 is 5.32 Å². The zero-order valence-corrected chi connectivity index (χ0v) is 17.8. The highest BCUT2D eigenvalue weighted by Gasteiger charge is 2.30. The van der Waals surface area contributed by atoms with Gasteiger partial charge in [0.2, 0.25) is 0 Å². The Kier molecular flexibility index (Phi) is 6.15. The summed E-state index contributed by atoms with van der Waals surface area (Å²) >= 11 is 0. The van der Waals surface area contributed by atoms with Crippen molar-refractivity contribution in [1.29, 1.82) is 0 Å². The number of benzene rings is 3. The molecule has 0 unspecified atom stereocenters. The summed E-state index contributed by atoms with van der Waals surface area (Å²) in [5.74, 6) is -2.20. The highest BCUT2D eigenvalue weighted by Crippen LogP contribution is 2.35. The number of nitrogens with zero attached hydrogens (tertiary/aromatic N) is 1. The third-order valence-corrected chi connectivity index (χ3v) is 5.11. The molecule has 1 N–H and O–H groups in total. The molecule has 0 saturated heterocycles. The first-order valence-corrected chi connectivity index (χ1v) is 10.1. The van der Waals surface area contributed by atoms with Gasteiger partial charge >= 0.3 is 6.18 Å². The predicted molar refractivity (Wildman–Crippen MR) is 122 cm³/mol. The SMILES string of the molecule is CC(=O)/C=C/c1cnc2ccc(-c3ccc(F)c(F)c3)cc2c1Nc1cccc(C(F)(F)F)c1. The lowest BCUT2D eigenvalue weighted by Gasteiger charge is -2.15. The zero-order chi connectivity index (χ0) is 24.5. The first-order chi connectivity index (χ1) is 16.1. The van der Waals surface area contributed by atoms with Crippen molar-refractivity contribution in [2.75, 3.05) is 5.32 Å². The van der Waals surface area contributed by atoms with Crippen LogP contribution in [0.25, 0.3) is 28.1 Å². The van der Waals surface area contributed by atoms with E-state index in [1.165, 1.54) is 43.5 Å². The molecule has 4 rings (SSSR count). The molecule has 8 heteroatoms. The van der Waals surface area contributed by atoms with Gasteiger partial charge in [-0.05, 0) is 72.7 Å². The van der Waals surface area contributed by atoms with Crippen LogP contribution in [-0.2, 0) is 11.0 Å². The van der Waals surface area contributed by atoms with Crippen molar-refractivity contribution >= 4 is 34.1 Å². The largest absolute Gasteiger partial charge is 0.416 e. The summed E-state index contributed by atoms with van der Waals surface area (Å²) in [4.78, 5) is 15.9. The lowest BCUT2D eigenvalue weighted by Crippen LogP contribution is -2.05. The Hall–Kier alpha value is -4.07. The van der Waals surface area contributed by atoms with Crippen LogP contribution in [0.3, 0.4) is 0 Å². The fourth-order valence-electron chi connectivity index (χ4n) is 3.45. The Morgan fingerprint density at radius 3 is 2.38 bits per heavy atom. The Balaban J connectivity index is 1.89. The molecule has 1 aromatic heterocycles. The number of fused-ring (bicyclic) bond motifs is 1. The molecular formula is C26H17F5N2O. The van der Waals surface area contributed by atoms with Crippen LogP contribution in [0.15, 0.2) is 72.9 Å². The zero-order valence-electron chi connectivity index (χ0n) is 17.8. The normalized spacial score (nSPS) is 11.8. The van der Waals surface area contributed by atoms with Crippen LogP contribution in [0.2, 0.25) is 0 Å². The van der Waals surface area contributed by atoms with E-state index in [0.29, 0.717) is 33.3 Å². The molecule has 0 radical (unpaired) electrons. The molecule has 3 aromatic carbocycles. The van der Waals surface area contributed by atoms with Gasteiger partial charge in [0.25, 0.3) is 0 Å². The Morgan fingerprint density at radius 1 is 0.941 bits per heavy atom. The molecule has 0 amide bonds. The molecule has 0 saturated carbocycles. The number of rotatable bonds is 5. The third-order valence-electron chi connectivity index (χ3n) is 5.11. The molecule has 172 valence electrons. The fraction of sp³-hybridized carbons (Fsp3) is 0.0769. The number of ketones is 1. The Bertz CT molecular complexity index is 1430. The monoisotopic (exact) mass is 468 g/mol. The number of alkyl halides is 3. The molecule has 0 fully saturated rings. The molecule has 4 aromatic rings. The lowest BCUT2D eigenvalue weighted by molar-refractivity contribution is -0.137. The highest BCUT2D eigenvalue weighted by molar-refractivity contribution is 6.01. The molecule has 34 heavy (non-hydrogen) atoms. The number of carbonyl (C=O) groups excluding carboxylic acids is 1. The van der Waals surface area contributed by atoms with Gasteiger partial charge in [0.15, 0.2) is 17.4 Å². The number of halogens is 5. The smallest absolute Gasteiger partial charge is 0.354 e. The molecule has 1 heterocycles. The van der Waals surface area contributed by atoms with Gasteiger partial charge in [0.1, 0.15) is 0 Å². The van der Waals surface area contributed by atoms with Crippen LogP contribution < -0.4 is 5.32 Å². The Labute approximate surface area is 191 Å². The summed E-state index contributed by atoms with van der Waals surface area (Å²) < 4.78 is 66.8. The van der Waals surface area contributed by atoms with E-state index < -0.39 is 23.4 Å². The van der Waals surface area contributed by atoms with Crippen molar-refractivity contribution in [2.45, 2.75) is 13.1 Å². The fourth-order valence-corrected chi connectivity index (χ4v) is 3.45. The number of hydrogen-bond donors (Lipinski definition) is 1. The Morgan fingerprint density at radius 2 is 1.68 bits per heavy atom. The third kappa shape index (κ3) is 4.96. The van der Waals surface area contributed by atoms with Gasteiger partial charge in [-0.15, -0.1) is 0 Å². The topological polar surface area (TPSA) is 42.0 Å². The average molecular weight is 468 g/mol. The van der Waals surface area contributed by atoms with Crippen LogP contribution >= 0.6 is 0 Å². The minimum Gasteiger partial charge on any atom is -0.354 e. The second kappa shape index (κ2) is 9.05. The molecule has 0 aliphatic carbocycles. The van der Waals surface area contributed by atoms with Crippen LogP contribution in [0.4, 0.5) is 33.3 Å². The summed E-state index contributed by atoms with van der Waals surface area (Å²) in [5.41, 5.74) is 1.70. The van der Waals surface area contributed by atoms with E-state index >= 15 is 0 Å². The molecule has 0 aliphatic heterocycles. The second-order valence-corrected chi connectivity index (χ2v) is 7.60. The van der Waals surface area contributed by atoms with Gasteiger partial charge in [0.05, 0.1) is 16.8 Å².